The molecule has 5 heterocycles. The molecule has 20 heteroatoms. The van der Waals surface area contributed by atoms with E-state index >= 15 is 0 Å². The molecule has 5 aromatic rings. The number of anilines is 2. The zero-order chi connectivity index (χ0) is 49.7. The maximum absolute atomic E-state index is 14.1. The number of benzene rings is 4. The molecule has 366 valence electrons. The molecule has 9 rings (SSSR count). The van der Waals surface area contributed by atoms with Crippen molar-refractivity contribution in [3.05, 3.63) is 111 Å². The number of carbonyl (C=O) groups excluding carboxylic acids is 3. The average Bonchev–Trinajstić information content (AvgIpc) is 3.79. The molecule has 0 saturated carbocycles. The van der Waals surface area contributed by atoms with Crippen LogP contribution in [-0.4, -0.2) is 107 Å². The number of halogens is 1. The fourth-order valence-electron chi connectivity index (χ4n) is 10.2. The number of carboxylic acid groups (broad SMARTS) is 2. The number of imide groups is 1. The number of thiophene rings is 1. The Morgan fingerprint density at radius 2 is 1.76 bits per heavy atom. The Hall–Kier alpha value is -6.22. The van der Waals surface area contributed by atoms with Crippen LogP contribution in [0.5, 0.6) is 5.75 Å². The Labute approximate surface area is 412 Å². The molecule has 4 aromatic carbocycles. The van der Waals surface area contributed by atoms with Gasteiger partial charge in [0.1, 0.15) is 11.1 Å². The highest BCUT2D eigenvalue weighted by Gasteiger charge is 2.42. The van der Waals surface area contributed by atoms with Gasteiger partial charge in [0, 0.05) is 60.1 Å². The van der Waals surface area contributed by atoms with Crippen molar-refractivity contribution in [3.63, 3.8) is 0 Å². The van der Waals surface area contributed by atoms with E-state index in [0.29, 0.717) is 77.4 Å². The third-order valence-corrected chi connectivity index (χ3v) is 17.3. The second-order valence-corrected chi connectivity index (χ2v) is 22.3. The van der Waals surface area contributed by atoms with E-state index in [0.717, 1.165) is 39.8 Å². The first-order valence-corrected chi connectivity index (χ1v) is 25.8. The number of likely N-dealkylation sites (tertiary alicyclic amines) is 1. The van der Waals surface area contributed by atoms with Crippen LogP contribution in [0.4, 0.5) is 17.1 Å². The van der Waals surface area contributed by atoms with Gasteiger partial charge in [-0.15, -0.1) is 11.3 Å². The Balaban J connectivity index is 0.797. The Morgan fingerprint density at radius 3 is 2.49 bits per heavy atom. The SMILES string of the molecule is CC1(C)CC(=Nc2cccc(-c3sc(C(=O)O)c(OCC(=O)O)c3Cl)c2)CCN1S(=O)(=O)Cc1cccc(NC[N+]2([O-])CCC(Cc3ccc4c5c(cccc35)C(=O)N4C3CCC(=O)NC3=O)CC2)c1. The van der Waals surface area contributed by atoms with E-state index < -0.39 is 50.7 Å². The van der Waals surface area contributed by atoms with Crippen LogP contribution >= 0.6 is 22.9 Å². The van der Waals surface area contributed by atoms with Crippen molar-refractivity contribution in [1.29, 1.82) is 0 Å². The highest BCUT2D eigenvalue weighted by atomic mass is 35.5. The maximum atomic E-state index is 14.1. The number of hydrogen-bond acceptors (Lipinski definition) is 12. The summed E-state index contributed by atoms with van der Waals surface area (Å²) in [5.74, 6) is -3.85. The molecule has 3 fully saturated rings. The van der Waals surface area contributed by atoms with Crippen molar-refractivity contribution in [3.8, 4) is 16.2 Å². The third kappa shape index (κ3) is 9.91. The quantitative estimate of drug-likeness (QED) is 0.0444. The lowest BCUT2D eigenvalue weighted by atomic mass is 9.87. The summed E-state index contributed by atoms with van der Waals surface area (Å²) in [6, 6.07) is 22.9. The van der Waals surface area contributed by atoms with E-state index in [1.807, 2.05) is 44.2 Å². The molecule has 3 saturated heterocycles. The lowest BCUT2D eigenvalue weighted by Crippen LogP contribution is -2.53. The van der Waals surface area contributed by atoms with Crippen LogP contribution in [0, 0.1) is 11.1 Å². The molecule has 0 spiro atoms. The molecule has 3 amide bonds. The van der Waals surface area contributed by atoms with Crippen LogP contribution < -0.4 is 20.3 Å². The van der Waals surface area contributed by atoms with E-state index in [1.54, 1.807) is 48.5 Å². The summed E-state index contributed by atoms with van der Waals surface area (Å²) in [5, 5.41) is 40.2. The number of ether oxygens (including phenoxy) is 1. The number of rotatable bonds is 15. The van der Waals surface area contributed by atoms with E-state index in [2.05, 4.69) is 10.6 Å². The number of carboxylic acids is 2. The van der Waals surface area contributed by atoms with Gasteiger partial charge in [0.25, 0.3) is 5.91 Å². The van der Waals surface area contributed by atoms with Gasteiger partial charge in [0.15, 0.2) is 23.9 Å². The summed E-state index contributed by atoms with van der Waals surface area (Å²) >= 11 is 7.38. The molecular formula is C50H51ClN6O11S2. The first kappa shape index (κ1) is 48.8. The maximum Gasteiger partial charge on any atom is 0.349 e. The van der Waals surface area contributed by atoms with Crippen LogP contribution in [0.15, 0.2) is 83.9 Å². The molecule has 1 atom stereocenters. The molecule has 0 bridgehead atoms. The summed E-state index contributed by atoms with van der Waals surface area (Å²) in [4.78, 5) is 67.8. The highest BCUT2D eigenvalue weighted by Crippen LogP contribution is 2.47. The van der Waals surface area contributed by atoms with Crippen LogP contribution in [0.25, 0.3) is 21.2 Å². The number of amides is 3. The lowest BCUT2D eigenvalue weighted by Gasteiger charge is -2.47. The Bertz CT molecular complexity index is 3110. The molecule has 0 radical (unpaired) electrons. The average molecular weight is 1010 g/mol. The fourth-order valence-corrected chi connectivity index (χ4v) is 13.6. The van der Waals surface area contributed by atoms with Gasteiger partial charge in [0.2, 0.25) is 21.8 Å². The molecule has 17 nitrogen and oxygen atoms in total. The number of nitrogens with zero attached hydrogens (tertiary/aromatic N) is 4. The van der Waals surface area contributed by atoms with Gasteiger partial charge in [0.05, 0.1) is 35.1 Å². The standard InChI is InChI=1S/C50H51ClN6O11S2/c1-50(2)25-35(53-34-9-4-7-32(24-34)45-43(51)44(68-26-41(59)60)46(69-45)49(63)64)16-19-55(50)70(66,67)27-30-6-3-8-33(23-30)52-28-57(65)20-17-29(18-21-57)22-31-12-13-38-42-36(31)10-5-11-37(42)48(62)56(38)39-14-15-40(58)54-47(39)61/h3-13,23-24,29,39,52H,14-22,25-28H2,1-2H3,(H,59,60)(H,63,64)(H,54,58,61). The topological polar surface area (TPSA) is 235 Å². The number of piperidine rings is 3. The Kier molecular flexibility index (Phi) is 13.4. The molecule has 4 N–H and O–H groups in total. The van der Waals surface area contributed by atoms with Crippen molar-refractivity contribution < 1.29 is 52.0 Å². The lowest BCUT2D eigenvalue weighted by molar-refractivity contribution is -0.883. The van der Waals surface area contributed by atoms with Gasteiger partial charge < -0.3 is 30.1 Å². The normalized spacial score (nSPS) is 22.1. The molecule has 4 aliphatic heterocycles. The third-order valence-electron chi connectivity index (χ3n) is 13.6. The van der Waals surface area contributed by atoms with Crippen LogP contribution in [-0.2, 0) is 36.6 Å². The number of quaternary nitrogens is 1. The van der Waals surface area contributed by atoms with Crippen molar-refractivity contribution in [2.24, 2.45) is 10.9 Å². The highest BCUT2D eigenvalue weighted by molar-refractivity contribution is 7.88. The number of sulfonamides is 1. The monoisotopic (exact) mass is 1010 g/mol. The largest absolute Gasteiger partial charge is 0.631 e. The molecule has 0 aliphatic carbocycles. The zero-order valence-electron chi connectivity index (χ0n) is 38.4. The number of hydrogen-bond donors (Lipinski definition) is 4. The van der Waals surface area contributed by atoms with Crippen LogP contribution in [0.1, 0.15) is 83.5 Å². The summed E-state index contributed by atoms with van der Waals surface area (Å²) in [7, 11) is -3.80. The molecule has 1 aromatic heterocycles. The van der Waals surface area contributed by atoms with Crippen molar-refractivity contribution in [1.82, 2.24) is 9.62 Å². The minimum Gasteiger partial charge on any atom is -0.631 e. The number of nitrogens with one attached hydrogen (secondary N) is 2. The van der Waals surface area contributed by atoms with Crippen LogP contribution in [0.2, 0.25) is 5.02 Å². The second kappa shape index (κ2) is 19.2. The van der Waals surface area contributed by atoms with Crippen LogP contribution in [0.3, 0.4) is 0 Å². The van der Waals surface area contributed by atoms with E-state index in [-0.39, 0.29) is 65.2 Å². The predicted octanol–water partition coefficient (Wildman–Crippen LogP) is 7.96. The van der Waals surface area contributed by atoms with Crippen molar-refractivity contribution in [2.75, 3.05) is 43.1 Å². The number of carbonyl (C=O) groups is 5. The minimum absolute atomic E-state index is 0.0184. The Morgan fingerprint density at radius 1 is 1.00 bits per heavy atom. The van der Waals surface area contributed by atoms with Gasteiger partial charge in [-0.1, -0.05) is 54.1 Å². The van der Waals surface area contributed by atoms with Gasteiger partial charge in [-0.2, -0.15) is 4.31 Å². The number of aliphatic carboxylic acids is 1. The summed E-state index contributed by atoms with van der Waals surface area (Å²) in [6.45, 7) is 4.09. The fraction of sp³-hybridized carbons (Fsp3) is 0.360. The molecule has 70 heavy (non-hydrogen) atoms. The molecular weight excluding hydrogens is 960 g/mol. The summed E-state index contributed by atoms with van der Waals surface area (Å²) < 4.78 is 34.4. The van der Waals surface area contributed by atoms with Gasteiger partial charge in [-0.25, -0.2) is 18.0 Å². The van der Waals surface area contributed by atoms with Gasteiger partial charge >= 0.3 is 11.9 Å². The first-order chi connectivity index (χ1) is 33.3. The van der Waals surface area contributed by atoms with E-state index in [1.165, 1.54) is 9.21 Å². The van der Waals surface area contributed by atoms with Crippen molar-refractivity contribution >= 4 is 96.2 Å². The molecule has 4 aliphatic rings. The second-order valence-electron chi connectivity index (χ2n) is 19.0. The predicted molar refractivity (Wildman–Crippen MR) is 266 cm³/mol. The zero-order valence-corrected chi connectivity index (χ0v) is 40.8. The molecule has 1 unspecified atom stereocenters. The number of aliphatic imine (C=N–C) groups is 1. The minimum atomic E-state index is -3.80. The smallest absolute Gasteiger partial charge is 0.349 e. The van der Waals surface area contributed by atoms with E-state index in [9.17, 15) is 42.7 Å². The number of hydroxylamine groups is 3. The van der Waals surface area contributed by atoms with E-state index in [4.69, 9.17) is 26.4 Å². The van der Waals surface area contributed by atoms with Crippen molar-refractivity contribution in [2.45, 2.75) is 76.1 Å². The number of aromatic carboxylic acids is 1. The van der Waals surface area contributed by atoms with Gasteiger partial charge in [-0.3, -0.25) is 29.6 Å². The first-order valence-electron chi connectivity index (χ1n) is 23.0. The summed E-state index contributed by atoms with van der Waals surface area (Å²) in [5.41, 5.74) is 4.60. The van der Waals surface area contributed by atoms with Gasteiger partial charge in [-0.05, 0) is 97.5 Å². The summed E-state index contributed by atoms with van der Waals surface area (Å²) in [6.07, 6.45) is 3.30.